The number of rotatable bonds is 4. The topological polar surface area (TPSA) is 56.1 Å². The fourth-order valence-electron chi connectivity index (χ4n) is 3.54. The molecule has 2 aliphatic rings. The van der Waals surface area contributed by atoms with Crippen LogP contribution in [0.4, 0.5) is 0 Å². The van der Waals surface area contributed by atoms with Crippen LogP contribution in [0.25, 0.3) is 0 Å². The highest BCUT2D eigenvalue weighted by Gasteiger charge is 2.32. The van der Waals surface area contributed by atoms with Crippen molar-refractivity contribution in [3.8, 4) is 0 Å². The highest BCUT2D eigenvalue weighted by atomic mass is 16.5. The molecule has 20 heavy (non-hydrogen) atoms. The van der Waals surface area contributed by atoms with Gasteiger partial charge in [-0.25, -0.2) is 4.68 Å². The second-order valence-corrected chi connectivity index (χ2v) is 6.26. The lowest BCUT2D eigenvalue weighted by molar-refractivity contribution is 0.00186. The van der Waals surface area contributed by atoms with Crippen LogP contribution in [0.5, 0.6) is 0 Å². The van der Waals surface area contributed by atoms with Crippen molar-refractivity contribution in [3.05, 3.63) is 5.82 Å². The van der Waals surface area contributed by atoms with Gasteiger partial charge in [0.1, 0.15) is 0 Å². The lowest BCUT2D eigenvalue weighted by Crippen LogP contribution is -2.42. The molecule has 1 atom stereocenters. The molecule has 3 rings (SSSR count). The highest BCUT2D eigenvalue weighted by molar-refractivity contribution is 4.98. The number of hydrogen-bond donors (Lipinski definition) is 0. The summed E-state index contributed by atoms with van der Waals surface area (Å²) in [6, 6.07) is 0.803. The van der Waals surface area contributed by atoms with Crippen molar-refractivity contribution in [1.29, 1.82) is 0 Å². The molecule has 1 saturated carbocycles. The minimum atomic E-state index is 0.300. The maximum Gasteiger partial charge on any atom is 0.168 e. The summed E-state index contributed by atoms with van der Waals surface area (Å²) in [5.74, 6) is 1.55. The molecule has 0 amide bonds. The van der Waals surface area contributed by atoms with Gasteiger partial charge >= 0.3 is 0 Å². The van der Waals surface area contributed by atoms with E-state index in [1.165, 1.54) is 25.7 Å². The maximum absolute atomic E-state index is 5.48. The van der Waals surface area contributed by atoms with Crippen molar-refractivity contribution in [2.75, 3.05) is 26.3 Å². The van der Waals surface area contributed by atoms with E-state index in [9.17, 15) is 0 Å². The molecule has 0 bridgehead atoms. The molecule has 6 heteroatoms. The van der Waals surface area contributed by atoms with E-state index in [0.29, 0.717) is 18.0 Å². The van der Waals surface area contributed by atoms with Crippen LogP contribution in [-0.2, 0) is 4.74 Å². The van der Waals surface area contributed by atoms with Crippen LogP contribution in [0.2, 0.25) is 0 Å². The predicted molar refractivity (Wildman–Crippen MR) is 75.3 cm³/mol. The minimum Gasteiger partial charge on any atom is -0.379 e. The van der Waals surface area contributed by atoms with E-state index in [-0.39, 0.29) is 0 Å². The molecule has 6 nitrogen and oxygen atoms in total. The molecule has 0 unspecified atom stereocenters. The summed E-state index contributed by atoms with van der Waals surface area (Å²) in [6.45, 7) is 8.09. The van der Waals surface area contributed by atoms with Gasteiger partial charge < -0.3 is 4.74 Å². The zero-order valence-electron chi connectivity index (χ0n) is 12.5. The van der Waals surface area contributed by atoms with Gasteiger partial charge in [-0.2, -0.15) is 0 Å². The van der Waals surface area contributed by atoms with Crippen LogP contribution in [0, 0.1) is 5.92 Å². The predicted octanol–water partition coefficient (Wildman–Crippen LogP) is 1.82. The maximum atomic E-state index is 5.48. The molecule has 1 saturated heterocycles. The van der Waals surface area contributed by atoms with Crippen molar-refractivity contribution in [2.45, 2.75) is 51.6 Å². The van der Waals surface area contributed by atoms with Gasteiger partial charge in [0.05, 0.1) is 25.3 Å². The van der Waals surface area contributed by atoms with E-state index in [4.69, 9.17) is 4.74 Å². The van der Waals surface area contributed by atoms with Crippen molar-refractivity contribution in [1.82, 2.24) is 25.1 Å². The molecule has 0 radical (unpaired) electrons. The largest absolute Gasteiger partial charge is 0.379 e. The first-order chi connectivity index (χ1) is 9.77. The van der Waals surface area contributed by atoms with Gasteiger partial charge in [-0.1, -0.05) is 26.7 Å². The van der Waals surface area contributed by atoms with Gasteiger partial charge in [-0.3, -0.25) is 4.90 Å². The SMILES string of the molecule is CC(C)[C@@H](c1nnnn1C1CCCC1)N1CCOCC1. The number of nitrogens with zero attached hydrogens (tertiary/aromatic N) is 5. The average molecular weight is 279 g/mol. The molecule has 2 heterocycles. The van der Waals surface area contributed by atoms with Crippen molar-refractivity contribution in [2.24, 2.45) is 5.92 Å². The third-order valence-electron chi connectivity index (χ3n) is 4.52. The van der Waals surface area contributed by atoms with E-state index in [1.54, 1.807) is 0 Å². The Labute approximate surface area is 120 Å². The van der Waals surface area contributed by atoms with Crippen molar-refractivity contribution >= 4 is 0 Å². The summed E-state index contributed by atoms with van der Waals surface area (Å²) in [5, 5.41) is 12.6. The quantitative estimate of drug-likeness (QED) is 0.841. The molecule has 1 aliphatic carbocycles. The van der Waals surface area contributed by atoms with Crippen LogP contribution >= 0.6 is 0 Å². The summed E-state index contributed by atoms with van der Waals surface area (Å²) in [6.07, 6.45) is 5.03. The molecule has 112 valence electrons. The van der Waals surface area contributed by atoms with Crippen LogP contribution in [0.3, 0.4) is 0 Å². The number of ether oxygens (including phenoxy) is 1. The standard InChI is InChI=1S/C14H25N5O/c1-11(2)13(18-7-9-20-10-8-18)14-15-16-17-19(14)12-5-3-4-6-12/h11-13H,3-10H2,1-2H3/t13-/m0/s1. The molecule has 2 fully saturated rings. The van der Waals surface area contributed by atoms with Gasteiger partial charge in [0.15, 0.2) is 5.82 Å². The first-order valence-corrected chi connectivity index (χ1v) is 7.87. The molecular weight excluding hydrogens is 254 g/mol. The fraction of sp³-hybridized carbons (Fsp3) is 0.929. The number of hydrogen-bond acceptors (Lipinski definition) is 5. The number of aromatic nitrogens is 4. The van der Waals surface area contributed by atoms with Crippen LogP contribution in [0.1, 0.15) is 57.4 Å². The minimum absolute atomic E-state index is 0.300. The zero-order chi connectivity index (χ0) is 13.9. The monoisotopic (exact) mass is 279 g/mol. The lowest BCUT2D eigenvalue weighted by atomic mass is 10.0. The van der Waals surface area contributed by atoms with Gasteiger partial charge in [-0.05, 0) is 29.2 Å². The zero-order valence-corrected chi connectivity index (χ0v) is 12.5. The third kappa shape index (κ3) is 2.72. The molecule has 0 aromatic carbocycles. The molecule has 1 aromatic rings. The van der Waals surface area contributed by atoms with Crippen molar-refractivity contribution in [3.63, 3.8) is 0 Å². The average Bonchev–Trinajstić information content (AvgIpc) is 3.09. The van der Waals surface area contributed by atoms with Crippen LogP contribution in [-0.4, -0.2) is 51.4 Å². The highest BCUT2D eigenvalue weighted by Crippen LogP contribution is 2.34. The van der Waals surface area contributed by atoms with E-state index < -0.39 is 0 Å². The van der Waals surface area contributed by atoms with Crippen LogP contribution < -0.4 is 0 Å². The lowest BCUT2D eigenvalue weighted by Gasteiger charge is -2.36. The molecule has 0 N–H and O–H groups in total. The fourth-order valence-corrected chi connectivity index (χ4v) is 3.54. The Morgan fingerprint density at radius 2 is 1.85 bits per heavy atom. The second-order valence-electron chi connectivity index (χ2n) is 6.26. The Morgan fingerprint density at radius 1 is 1.15 bits per heavy atom. The first kappa shape index (κ1) is 13.9. The van der Waals surface area contributed by atoms with Crippen LogP contribution in [0.15, 0.2) is 0 Å². The molecule has 1 aliphatic heterocycles. The Morgan fingerprint density at radius 3 is 2.50 bits per heavy atom. The van der Waals surface area contributed by atoms with E-state index in [2.05, 4.69) is 39.0 Å². The van der Waals surface area contributed by atoms with E-state index in [0.717, 1.165) is 32.1 Å². The van der Waals surface area contributed by atoms with E-state index in [1.807, 2.05) is 0 Å². The Kier molecular flexibility index (Phi) is 4.31. The Bertz CT molecular complexity index is 421. The summed E-state index contributed by atoms with van der Waals surface area (Å²) in [5.41, 5.74) is 0. The Hall–Kier alpha value is -1.01. The number of morpholine rings is 1. The van der Waals surface area contributed by atoms with Gasteiger partial charge in [0.25, 0.3) is 0 Å². The normalized spacial score (nSPS) is 23.6. The Balaban J connectivity index is 1.85. The summed E-state index contributed by atoms with van der Waals surface area (Å²) < 4.78 is 7.58. The summed E-state index contributed by atoms with van der Waals surface area (Å²) >= 11 is 0. The third-order valence-corrected chi connectivity index (χ3v) is 4.52. The smallest absolute Gasteiger partial charge is 0.168 e. The first-order valence-electron chi connectivity index (χ1n) is 7.87. The molecule has 1 aromatic heterocycles. The second kappa shape index (κ2) is 6.18. The van der Waals surface area contributed by atoms with Gasteiger partial charge in [0, 0.05) is 13.1 Å². The van der Waals surface area contributed by atoms with Gasteiger partial charge in [0.2, 0.25) is 0 Å². The molecule has 0 spiro atoms. The molecular formula is C14H25N5O. The van der Waals surface area contributed by atoms with Crippen molar-refractivity contribution < 1.29 is 4.74 Å². The summed E-state index contributed by atoms with van der Waals surface area (Å²) in [4.78, 5) is 2.48. The summed E-state index contributed by atoms with van der Waals surface area (Å²) in [7, 11) is 0. The number of tetrazole rings is 1. The van der Waals surface area contributed by atoms with Gasteiger partial charge in [-0.15, -0.1) is 5.10 Å². The van der Waals surface area contributed by atoms with E-state index >= 15 is 0 Å².